The molecule has 0 saturated carbocycles. The van der Waals surface area contributed by atoms with Crippen molar-refractivity contribution < 1.29 is 27.4 Å². The van der Waals surface area contributed by atoms with Crippen LogP contribution in [-0.2, 0) is 19.6 Å². The summed E-state index contributed by atoms with van der Waals surface area (Å²) in [6.45, 7) is 4.99. The summed E-state index contributed by atoms with van der Waals surface area (Å²) in [6.07, 6.45) is 0. The van der Waals surface area contributed by atoms with Gasteiger partial charge >= 0.3 is 0 Å². The fourth-order valence-corrected chi connectivity index (χ4v) is 3.66. The van der Waals surface area contributed by atoms with Crippen molar-refractivity contribution in [1.29, 1.82) is 0 Å². The van der Waals surface area contributed by atoms with Gasteiger partial charge in [-0.25, -0.2) is 8.42 Å². The Morgan fingerprint density at radius 2 is 1.92 bits per heavy atom. The molecule has 0 radical (unpaired) electrons. The SMILES string of the molecule is COCCNC(=O)[C@@H](NS(=O)(=O)c1ccc2c(c1)OCCO2)C(C)C. The van der Waals surface area contributed by atoms with Crippen molar-refractivity contribution in [2.75, 3.05) is 33.5 Å². The number of carbonyl (C=O) groups is 1. The molecule has 0 spiro atoms. The Labute approximate surface area is 147 Å². The molecular formula is C16H24N2O6S. The maximum Gasteiger partial charge on any atom is 0.241 e. The fraction of sp³-hybridized carbons (Fsp3) is 0.562. The van der Waals surface area contributed by atoms with E-state index in [1.807, 2.05) is 0 Å². The summed E-state index contributed by atoms with van der Waals surface area (Å²) in [6, 6.07) is 3.48. The van der Waals surface area contributed by atoms with E-state index >= 15 is 0 Å². The Morgan fingerprint density at radius 1 is 1.24 bits per heavy atom. The van der Waals surface area contributed by atoms with Crippen LogP contribution in [0.25, 0.3) is 0 Å². The monoisotopic (exact) mass is 372 g/mol. The van der Waals surface area contributed by atoms with Gasteiger partial charge in [-0.1, -0.05) is 13.8 Å². The first-order chi connectivity index (χ1) is 11.8. The smallest absolute Gasteiger partial charge is 0.241 e. The number of rotatable bonds is 8. The van der Waals surface area contributed by atoms with Crippen LogP contribution in [0.5, 0.6) is 11.5 Å². The van der Waals surface area contributed by atoms with Crippen molar-refractivity contribution >= 4 is 15.9 Å². The van der Waals surface area contributed by atoms with Gasteiger partial charge in [0.25, 0.3) is 0 Å². The van der Waals surface area contributed by atoms with Gasteiger partial charge in [-0.05, 0) is 18.1 Å². The van der Waals surface area contributed by atoms with E-state index < -0.39 is 22.0 Å². The van der Waals surface area contributed by atoms with Crippen LogP contribution < -0.4 is 19.5 Å². The summed E-state index contributed by atoms with van der Waals surface area (Å²) in [4.78, 5) is 12.3. The summed E-state index contributed by atoms with van der Waals surface area (Å²) < 4.78 is 43.5. The average Bonchev–Trinajstić information content (AvgIpc) is 2.59. The number of hydrogen-bond acceptors (Lipinski definition) is 6. The number of methoxy groups -OCH3 is 1. The predicted molar refractivity (Wildman–Crippen MR) is 91.3 cm³/mol. The second kappa shape index (κ2) is 8.50. The van der Waals surface area contributed by atoms with Crippen molar-refractivity contribution in [2.45, 2.75) is 24.8 Å². The maximum atomic E-state index is 12.7. The van der Waals surface area contributed by atoms with Crippen LogP contribution in [0.2, 0.25) is 0 Å². The van der Waals surface area contributed by atoms with Gasteiger partial charge in [-0.15, -0.1) is 0 Å². The van der Waals surface area contributed by atoms with Crippen LogP contribution in [-0.4, -0.2) is 53.8 Å². The number of sulfonamides is 1. The first kappa shape index (κ1) is 19.5. The number of hydrogen-bond donors (Lipinski definition) is 2. The van der Waals surface area contributed by atoms with Crippen molar-refractivity contribution in [3.63, 3.8) is 0 Å². The summed E-state index contributed by atoms with van der Waals surface area (Å²) in [5, 5.41) is 2.65. The highest BCUT2D eigenvalue weighted by Crippen LogP contribution is 2.32. The first-order valence-corrected chi connectivity index (χ1v) is 9.52. The third kappa shape index (κ3) is 5.07. The van der Waals surface area contributed by atoms with Crippen LogP contribution in [0.4, 0.5) is 0 Å². The average molecular weight is 372 g/mol. The molecule has 1 aliphatic heterocycles. The summed E-state index contributed by atoms with van der Waals surface area (Å²) in [5.74, 6) is 0.255. The highest BCUT2D eigenvalue weighted by molar-refractivity contribution is 7.89. The highest BCUT2D eigenvalue weighted by Gasteiger charge is 2.29. The van der Waals surface area contributed by atoms with E-state index in [2.05, 4.69) is 10.0 Å². The van der Waals surface area contributed by atoms with E-state index in [9.17, 15) is 13.2 Å². The van der Waals surface area contributed by atoms with E-state index in [1.165, 1.54) is 19.2 Å². The van der Waals surface area contributed by atoms with Crippen molar-refractivity contribution in [2.24, 2.45) is 5.92 Å². The van der Waals surface area contributed by atoms with Crippen molar-refractivity contribution in [3.8, 4) is 11.5 Å². The lowest BCUT2D eigenvalue weighted by molar-refractivity contribution is -0.123. The molecule has 0 bridgehead atoms. The molecule has 140 valence electrons. The largest absolute Gasteiger partial charge is 0.486 e. The minimum atomic E-state index is -3.89. The highest BCUT2D eigenvalue weighted by atomic mass is 32.2. The van der Waals surface area contributed by atoms with Gasteiger partial charge in [0.2, 0.25) is 15.9 Å². The molecule has 0 aromatic heterocycles. The number of carbonyl (C=O) groups excluding carboxylic acids is 1. The molecule has 2 rings (SSSR count). The number of nitrogens with one attached hydrogen (secondary N) is 2. The van der Waals surface area contributed by atoms with Crippen LogP contribution in [0, 0.1) is 5.92 Å². The maximum absolute atomic E-state index is 12.7. The Hall–Kier alpha value is -1.84. The minimum absolute atomic E-state index is 0.0205. The van der Waals surface area contributed by atoms with Gasteiger partial charge < -0.3 is 19.5 Å². The lowest BCUT2D eigenvalue weighted by Crippen LogP contribution is -2.50. The quantitative estimate of drug-likeness (QED) is 0.645. The molecule has 0 saturated heterocycles. The zero-order chi connectivity index (χ0) is 18.4. The van der Waals surface area contributed by atoms with E-state index in [0.29, 0.717) is 37.9 Å². The molecule has 2 N–H and O–H groups in total. The molecule has 1 heterocycles. The molecule has 1 amide bonds. The van der Waals surface area contributed by atoms with E-state index in [4.69, 9.17) is 14.2 Å². The van der Waals surface area contributed by atoms with E-state index in [-0.39, 0.29) is 10.8 Å². The molecule has 0 aliphatic carbocycles. The second-order valence-electron chi connectivity index (χ2n) is 5.93. The normalized spacial score (nSPS) is 15.0. The Bertz CT molecular complexity index is 705. The van der Waals surface area contributed by atoms with Crippen LogP contribution in [0.3, 0.4) is 0 Å². The topological polar surface area (TPSA) is 103 Å². The first-order valence-electron chi connectivity index (χ1n) is 8.04. The Kier molecular flexibility index (Phi) is 6.63. The second-order valence-corrected chi connectivity index (χ2v) is 7.65. The molecule has 25 heavy (non-hydrogen) atoms. The fourth-order valence-electron chi connectivity index (χ4n) is 2.30. The molecule has 1 aliphatic rings. The van der Waals surface area contributed by atoms with Gasteiger partial charge in [0.1, 0.15) is 19.3 Å². The van der Waals surface area contributed by atoms with E-state index in [0.717, 1.165) is 0 Å². The molecule has 0 unspecified atom stereocenters. The minimum Gasteiger partial charge on any atom is -0.486 e. The zero-order valence-corrected chi connectivity index (χ0v) is 15.4. The molecular weight excluding hydrogens is 348 g/mol. The summed E-state index contributed by atoms with van der Waals surface area (Å²) in [5.41, 5.74) is 0. The van der Waals surface area contributed by atoms with Gasteiger partial charge in [-0.3, -0.25) is 4.79 Å². The summed E-state index contributed by atoms with van der Waals surface area (Å²) >= 11 is 0. The third-order valence-electron chi connectivity index (χ3n) is 3.66. The van der Waals surface area contributed by atoms with Crippen molar-refractivity contribution in [3.05, 3.63) is 18.2 Å². The van der Waals surface area contributed by atoms with Gasteiger partial charge in [0.15, 0.2) is 11.5 Å². The number of fused-ring (bicyclic) bond motifs is 1. The van der Waals surface area contributed by atoms with Gasteiger partial charge in [-0.2, -0.15) is 4.72 Å². The number of benzene rings is 1. The van der Waals surface area contributed by atoms with Crippen LogP contribution >= 0.6 is 0 Å². The van der Waals surface area contributed by atoms with Crippen LogP contribution in [0.15, 0.2) is 23.1 Å². The molecule has 8 nitrogen and oxygen atoms in total. The Balaban J connectivity index is 2.15. The standard InChI is InChI=1S/C16H24N2O6S/c1-11(2)15(16(19)17-6-7-22-3)18-25(20,21)12-4-5-13-14(10-12)24-9-8-23-13/h4-5,10-11,15,18H,6-9H2,1-3H3,(H,17,19)/t15-/m0/s1. The number of amides is 1. The van der Waals surface area contributed by atoms with Gasteiger partial charge in [0, 0.05) is 19.7 Å². The zero-order valence-electron chi connectivity index (χ0n) is 14.6. The molecule has 1 aromatic rings. The van der Waals surface area contributed by atoms with Crippen LogP contribution in [0.1, 0.15) is 13.8 Å². The number of ether oxygens (including phenoxy) is 3. The molecule has 0 fully saturated rings. The summed E-state index contributed by atoms with van der Waals surface area (Å²) in [7, 11) is -2.37. The molecule has 1 atom stereocenters. The molecule has 1 aromatic carbocycles. The predicted octanol–water partition coefficient (Wildman–Crippen LogP) is 0.523. The Morgan fingerprint density at radius 3 is 2.56 bits per heavy atom. The lowest BCUT2D eigenvalue weighted by Gasteiger charge is -2.22. The van der Waals surface area contributed by atoms with Gasteiger partial charge in [0.05, 0.1) is 11.5 Å². The lowest BCUT2D eigenvalue weighted by atomic mass is 10.1. The van der Waals surface area contributed by atoms with Crippen molar-refractivity contribution in [1.82, 2.24) is 10.0 Å². The molecule has 9 heteroatoms. The third-order valence-corrected chi connectivity index (χ3v) is 5.10. The van der Waals surface area contributed by atoms with E-state index in [1.54, 1.807) is 19.9 Å².